The molecule has 0 spiro atoms. The third-order valence-electron chi connectivity index (χ3n) is 1.40. The van der Waals surface area contributed by atoms with E-state index in [2.05, 4.69) is 0 Å². The highest BCUT2D eigenvalue weighted by Crippen LogP contribution is 2.21. The van der Waals surface area contributed by atoms with Crippen molar-refractivity contribution in [1.29, 1.82) is 0 Å². The summed E-state index contributed by atoms with van der Waals surface area (Å²) in [5, 5.41) is 10.1. The second kappa shape index (κ2) is 2.84. The number of nitrogens with zero attached hydrogens (tertiary/aromatic N) is 1. The molecule has 0 aliphatic carbocycles. The molecular weight excluding hydrogens is 168 g/mol. The molecule has 3 nitrogen and oxygen atoms in total. The van der Waals surface area contributed by atoms with Crippen molar-refractivity contribution in [3.63, 3.8) is 0 Å². The van der Waals surface area contributed by atoms with Gasteiger partial charge in [0.05, 0.1) is 11.0 Å². The Bertz CT molecular complexity index is 338. The minimum Gasteiger partial charge on any atom is -0.258 e. The Morgan fingerprint density at radius 3 is 2.50 bits per heavy atom. The summed E-state index contributed by atoms with van der Waals surface area (Å²) in [5.74, 6) is -1.79. The van der Waals surface area contributed by atoms with Gasteiger partial charge in [-0.05, 0) is 18.6 Å². The smallest absolute Gasteiger partial charge is 0.258 e. The highest BCUT2D eigenvalue weighted by atomic mass is 19.1. The SMILES string of the molecule is Cc1cc(F)cc([N+](=O)[O-])c1F. The van der Waals surface area contributed by atoms with Crippen LogP contribution in [-0.4, -0.2) is 4.92 Å². The summed E-state index contributed by atoms with van der Waals surface area (Å²) in [6.45, 7) is 1.27. The maximum atomic E-state index is 12.8. The second-order valence-electron chi connectivity index (χ2n) is 2.31. The predicted molar refractivity (Wildman–Crippen MR) is 37.7 cm³/mol. The van der Waals surface area contributed by atoms with Crippen molar-refractivity contribution in [3.8, 4) is 0 Å². The zero-order valence-corrected chi connectivity index (χ0v) is 6.17. The second-order valence-corrected chi connectivity index (χ2v) is 2.31. The van der Waals surface area contributed by atoms with E-state index < -0.39 is 22.2 Å². The number of nitro groups is 1. The molecule has 0 saturated carbocycles. The number of halogens is 2. The number of aryl methyl sites for hydroxylation is 1. The van der Waals surface area contributed by atoms with Crippen LogP contribution in [0.4, 0.5) is 14.5 Å². The van der Waals surface area contributed by atoms with E-state index in [1.165, 1.54) is 6.92 Å². The van der Waals surface area contributed by atoms with Crippen LogP contribution in [0.25, 0.3) is 0 Å². The lowest BCUT2D eigenvalue weighted by Crippen LogP contribution is -1.95. The van der Waals surface area contributed by atoms with Gasteiger partial charge >= 0.3 is 5.69 Å². The van der Waals surface area contributed by atoms with Crippen LogP contribution in [0.2, 0.25) is 0 Å². The van der Waals surface area contributed by atoms with Gasteiger partial charge in [-0.3, -0.25) is 10.1 Å². The average Bonchev–Trinajstić information content (AvgIpc) is 1.96. The van der Waals surface area contributed by atoms with Crippen molar-refractivity contribution in [2.45, 2.75) is 6.92 Å². The normalized spacial score (nSPS) is 9.92. The Morgan fingerprint density at radius 1 is 1.42 bits per heavy atom. The van der Waals surface area contributed by atoms with Gasteiger partial charge in [0.2, 0.25) is 5.82 Å². The van der Waals surface area contributed by atoms with Crippen LogP contribution < -0.4 is 0 Å². The number of hydrogen-bond donors (Lipinski definition) is 0. The molecule has 1 rings (SSSR count). The van der Waals surface area contributed by atoms with Crippen LogP contribution in [0.3, 0.4) is 0 Å². The Kier molecular flexibility index (Phi) is 2.03. The molecule has 0 N–H and O–H groups in total. The van der Waals surface area contributed by atoms with Crippen molar-refractivity contribution >= 4 is 5.69 Å². The van der Waals surface area contributed by atoms with Gasteiger partial charge in [0.25, 0.3) is 0 Å². The van der Waals surface area contributed by atoms with Crippen LogP contribution in [0.1, 0.15) is 5.56 Å². The maximum Gasteiger partial charge on any atom is 0.307 e. The quantitative estimate of drug-likeness (QED) is 0.482. The predicted octanol–water partition coefficient (Wildman–Crippen LogP) is 2.18. The first-order chi connectivity index (χ1) is 5.52. The fourth-order valence-electron chi connectivity index (χ4n) is 0.841. The zero-order valence-electron chi connectivity index (χ0n) is 6.17. The van der Waals surface area contributed by atoms with E-state index in [0.717, 1.165) is 6.07 Å². The summed E-state index contributed by atoms with van der Waals surface area (Å²) in [6, 6.07) is 1.46. The van der Waals surface area contributed by atoms with Crippen molar-refractivity contribution < 1.29 is 13.7 Å². The van der Waals surface area contributed by atoms with Crippen LogP contribution in [-0.2, 0) is 0 Å². The molecule has 0 amide bonds. The van der Waals surface area contributed by atoms with Gasteiger partial charge in [0.15, 0.2) is 0 Å². The number of rotatable bonds is 1. The topological polar surface area (TPSA) is 43.1 Å². The van der Waals surface area contributed by atoms with Crippen LogP contribution in [0.15, 0.2) is 12.1 Å². The lowest BCUT2D eigenvalue weighted by atomic mass is 10.2. The lowest BCUT2D eigenvalue weighted by molar-refractivity contribution is -0.387. The van der Waals surface area contributed by atoms with Gasteiger partial charge in [-0.1, -0.05) is 0 Å². The van der Waals surface area contributed by atoms with Gasteiger partial charge in [0.1, 0.15) is 5.82 Å². The average molecular weight is 173 g/mol. The van der Waals surface area contributed by atoms with Crippen molar-refractivity contribution in [3.05, 3.63) is 39.4 Å². The fourth-order valence-corrected chi connectivity index (χ4v) is 0.841. The number of benzene rings is 1. The molecule has 1 aromatic carbocycles. The minimum absolute atomic E-state index is 0.0679. The molecule has 0 atom stereocenters. The molecule has 64 valence electrons. The third-order valence-corrected chi connectivity index (χ3v) is 1.40. The largest absolute Gasteiger partial charge is 0.307 e. The molecule has 1 aromatic rings. The van der Waals surface area contributed by atoms with Crippen LogP contribution in [0.5, 0.6) is 0 Å². The summed E-state index contributed by atoms with van der Waals surface area (Å²) in [4.78, 5) is 9.17. The molecule has 5 heteroatoms. The first-order valence-corrected chi connectivity index (χ1v) is 3.12. The Balaban J connectivity index is 3.37. The molecule has 0 aliphatic rings. The molecule has 0 aliphatic heterocycles. The Labute approximate surface area is 66.8 Å². The van der Waals surface area contributed by atoms with E-state index in [9.17, 15) is 18.9 Å². The molecule has 0 radical (unpaired) electrons. The lowest BCUT2D eigenvalue weighted by Gasteiger charge is -1.97. The van der Waals surface area contributed by atoms with Crippen molar-refractivity contribution in [1.82, 2.24) is 0 Å². The van der Waals surface area contributed by atoms with E-state index >= 15 is 0 Å². The van der Waals surface area contributed by atoms with Gasteiger partial charge in [-0.2, -0.15) is 4.39 Å². The molecule has 0 saturated heterocycles. The van der Waals surface area contributed by atoms with E-state index in [0.29, 0.717) is 6.07 Å². The first-order valence-electron chi connectivity index (χ1n) is 3.12. The number of hydrogen-bond acceptors (Lipinski definition) is 2. The maximum absolute atomic E-state index is 12.8. The van der Waals surface area contributed by atoms with Gasteiger partial charge in [-0.15, -0.1) is 0 Å². The Morgan fingerprint density at radius 2 is 2.00 bits per heavy atom. The monoisotopic (exact) mass is 173 g/mol. The standard InChI is InChI=1S/C7H5F2NO2/c1-4-2-5(8)3-6(7(4)9)10(11)12/h2-3H,1H3. The summed E-state index contributed by atoms with van der Waals surface area (Å²) >= 11 is 0. The molecule has 0 fully saturated rings. The summed E-state index contributed by atoms with van der Waals surface area (Å²) in [6.07, 6.45) is 0. The molecular formula is C7H5F2NO2. The van der Waals surface area contributed by atoms with E-state index in [-0.39, 0.29) is 5.56 Å². The summed E-state index contributed by atoms with van der Waals surface area (Å²) < 4.78 is 25.3. The fraction of sp³-hybridized carbons (Fsp3) is 0.143. The highest BCUT2D eigenvalue weighted by molar-refractivity contribution is 5.36. The van der Waals surface area contributed by atoms with Crippen molar-refractivity contribution in [2.24, 2.45) is 0 Å². The molecule has 0 unspecified atom stereocenters. The highest BCUT2D eigenvalue weighted by Gasteiger charge is 2.17. The van der Waals surface area contributed by atoms with Crippen LogP contribution >= 0.6 is 0 Å². The van der Waals surface area contributed by atoms with Gasteiger partial charge in [0, 0.05) is 0 Å². The number of nitro benzene ring substituents is 1. The van der Waals surface area contributed by atoms with E-state index in [1.54, 1.807) is 0 Å². The molecule has 12 heavy (non-hydrogen) atoms. The summed E-state index contributed by atoms with van der Waals surface area (Å²) in [5.41, 5.74) is -0.894. The molecule has 0 aromatic heterocycles. The third kappa shape index (κ3) is 1.39. The molecule has 0 heterocycles. The van der Waals surface area contributed by atoms with Gasteiger partial charge in [-0.25, -0.2) is 4.39 Å². The van der Waals surface area contributed by atoms with E-state index in [4.69, 9.17) is 0 Å². The Hall–Kier alpha value is -1.52. The van der Waals surface area contributed by atoms with Crippen LogP contribution in [0, 0.1) is 28.7 Å². The summed E-state index contributed by atoms with van der Waals surface area (Å²) in [7, 11) is 0. The van der Waals surface area contributed by atoms with Crippen molar-refractivity contribution in [2.75, 3.05) is 0 Å². The molecule has 0 bridgehead atoms. The zero-order chi connectivity index (χ0) is 9.30. The first kappa shape index (κ1) is 8.58. The van der Waals surface area contributed by atoms with Gasteiger partial charge < -0.3 is 0 Å². The van der Waals surface area contributed by atoms with E-state index in [1.807, 2.05) is 0 Å². The minimum atomic E-state index is -0.985.